The van der Waals surface area contributed by atoms with Gasteiger partial charge in [-0.05, 0) is 54.3 Å². The number of nitrogens with zero attached hydrogens (tertiary/aromatic N) is 2. The molecule has 2 aromatic rings. The molecule has 3 heteroatoms. The maximum Gasteiger partial charge on any atom is 0.0594 e. The van der Waals surface area contributed by atoms with E-state index >= 15 is 0 Å². The lowest BCUT2D eigenvalue weighted by atomic mass is 10.0. The number of piperidine rings is 1. The van der Waals surface area contributed by atoms with Gasteiger partial charge in [0.1, 0.15) is 0 Å². The van der Waals surface area contributed by atoms with Crippen LogP contribution in [0.3, 0.4) is 0 Å². The third-order valence-corrected chi connectivity index (χ3v) is 5.58. The van der Waals surface area contributed by atoms with E-state index < -0.39 is 0 Å². The van der Waals surface area contributed by atoms with Gasteiger partial charge in [0.15, 0.2) is 0 Å². The van der Waals surface area contributed by atoms with Gasteiger partial charge in [0.05, 0.1) is 13.2 Å². The van der Waals surface area contributed by atoms with Gasteiger partial charge in [-0.1, -0.05) is 48.9 Å². The molecule has 26 heavy (non-hydrogen) atoms. The van der Waals surface area contributed by atoms with E-state index in [1.807, 2.05) is 0 Å². The van der Waals surface area contributed by atoms with Crippen LogP contribution >= 0.6 is 0 Å². The number of ether oxygens (including phenoxy) is 1. The number of morpholine rings is 1. The van der Waals surface area contributed by atoms with Crippen molar-refractivity contribution < 1.29 is 4.74 Å². The fraction of sp³-hybridized carbons (Fsp3) is 0.478. The number of hydrogen-bond acceptors (Lipinski definition) is 3. The molecule has 0 radical (unpaired) electrons. The molecule has 138 valence electrons. The Balaban J connectivity index is 1.40. The molecule has 0 atom stereocenters. The largest absolute Gasteiger partial charge is 0.379 e. The van der Waals surface area contributed by atoms with Crippen molar-refractivity contribution in [2.45, 2.75) is 32.4 Å². The van der Waals surface area contributed by atoms with E-state index in [1.54, 1.807) is 0 Å². The Morgan fingerprint density at radius 3 is 2.12 bits per heavy atom. The van der Waals surface area contributed by atoms with E-state index in [9.17, 15) is 0 Å². The average Bonchev–Trinajstić information content (AvgIpc) is 2.70. The second kappa shape index (κ2) is 8.81. The summed E-state index contributed by atoms with van der Waals surface area (Å²) in [6, 6.07) is 18.2. The van der Waals surface area contributed by atoms with Gasteiger partial charge in [-0.15, -0.1) is 0 Å². The quantitative estimate of drug-likeness (QED) is 0.805. The number of benzene rings is 2. The Bertz CT molecular complexity index is 686. The Morgan fingerprint density at radius 2 is 1.35 bits per heavy atom. The van der Waals surface area contributed by atoms with E-state index in [0.717, 1.165) is 39.4 Å². The van der Waals surface area contributed by atoms with Gasteiger partial charge in [-0.25, -0.2) is 0 Å². The molecule has 2 heterocycles. The van der Waals surface area contributed by atoms with Crippen molar-refractivity contribution in [2.24, 2.45) is 0 Å². The van der Waals surface area contributed by atoms with Crippen molar-refractivity contribution in [2.75, 3.05) is 39.4 Å². The first-order valence-electron chi connectivity index (χ1n) is 10.1. The SMILES string of the molecule is c1cc(CN2CCOCC2)cc(-c2ccc(CN3CCCCC3)cc2)c1. The minimum absolute atomic E-state index is 0.859. The first-order valence-corrected chi connectivity index (χ1v) is 10.1. The molecule has 0 aliphatic carbocycles. The molecular weight excluding hydrogens is 320 g/mol. The van der Waals surface area contributed by atoms with Crippen LogP contribution < -0.4 is 0 Å². The van der Waals surface area contributed by atoms with Gasteiger partial charge in [0, 0.05) is 26.2 Å². The van der Waals surface area contributed by atoms with Crippen molar-refractivity contribution in [3.63, 3.8) is 0 Å². The van der Waals surface area contributed by atoms with Crippen LogP contribution in [0.4, 0.5) is 0 Å². The second-order valence-corrected chi connectivity index (χ2v) is 7.62. The molecule has 3 nitrogen and oxygen atoms in total. The summed E-state index contributed by atoms with van der Waals surface area (Å²) < 4.78 is 5.45. The lowest BCUT2D eigenvalue weighted by Crippen LogP contribution is -2.35. The molecule has 0 saturated carbocycles. The molecule has 0 aromatic heterocycles. The van der Waals surface area contributed by atoms with Crippen LogP contribution in [0.5, 0.6) is 0 Å². The normalized spacial score (nSPS) is 19.5. The van der Waals surface area contributed by atoms with Crippen LogP contribution in [0.2, 0.25) is 0 Å². The second-order valence-electron chi connectivity index (χ2n) is 7.62. The van der Waals surface area contributed by atoms with Crippen LogP contribution in [0, 0.1) is 0 Å². The highest BCUT2D eigenvalue weighted by atomic mass is 16.5. The molecule has 2 fully saturated rings. The monoisotopic (exact) mass is 350 g/mol. The fourth-order valence-corrected chi connectivity index (χ4v) is 4.05. The maximum atomic E-state index is 5.45. The zero-order valence-corrected chi connectivity index (χ0v) is 15.7. The molecule has 0 amide bonds. The van der Waals surface area contributed by atoms with Gasteiger partial charge in [0.25, 0.3) is 0 Å². The predicted molar refractivity (Wildman–Crippen MR) is 107 cm³/mol. The summed E-state index contributed by atoms with van der Waals surface area (Å²) in [6.45, 7) is 8.42. The molecule has 2 saturated heterocycles. The maximum absolute atomic E-state index is 5.45. The Kier molecular flexibility index (Phi) is 6.00. The van der Waals surface area contributed by atoms with Gasteiger partial charge in [0.2, 0.25) is 0 Å². The molecule has 0 unspecified atom stereocenters. The highest BCUT2D eigenvalue weighted by molar-refractivity contribution is 5.64. The van der Waals surface area contributed by atoms with Crippen molar-refractivity contribution in [3.05, 3.63) is 59.7 Å². The Hall–Kier alpha value is -1.68. The van der Waals surface area contributed by atoms with Gasteiger partial charge in [-0.3, -0.25) is 9.80 Å². The van der Waals surface area contributed by atoms with Crippen LogP contribution in [-0.2, 0) is 17.8 Å². The minimum Gasteiger partial charge on any atom is -0.379 e. The standard InChI is InChI=1S/C23H30N2O/c1-2-11-24(12-3-1)18-20-7-9-22(10-8-20)23-6-4-5-21(17-23)19-25-13-15-26-16-14-25/h4-10,17H,1-3,11-16,18-19H2. The highest BCUT2D eigenvalue weighted by Gasteiger charge is 2.12. The molecule has 0 bridgehead atoms. The van der Waals surface area contributed by atoms with E-state index in [4.69, 9.17) is 4.74 Å². The minimum atomic E-state index is 0.859. The zero-order valence-electron chi connectivity index (χ0n) is 15.7. The van der Waals surface area contributed by atoms with E-state index in [0.29, 0.717) is 0 Å². The van der Waals surface area contributed by atoms with Crippen molar-refractivity contribution in [1.29, 1.82) is 0 Å². The Labute approximate surface area is 157 Å². The van der Waals surface area contributed by atoms with Crippen LogP contribution in [0.25, 0.3) is 11.1 Å². The molecule has 2 aliphatic heterocycles. The van der Waals surface area contributed by atoms with E-state index in [1.165, 1.54) is 54.6 Å². The van der Waals surface area contributed by atoms with E-state index in [2.05, 4.69) is 58.3 Å². The van der Waals surface area contributed by atoms with Gasteiger partial charge < -0.3 is 4.74 Å². The third-order valence-electron chi connectivity index (χ3n) is 5.58. The molecule has 0 N–H and O–H groups in total. The summed E-state index contributed by atoms with van der Waals surface area (Å²) >= 11 is 0. The lowest BCUT2D eigenvalue weighted by Gasteiger charge is -2.26. The van der Waals surface area contributed by atoms with Gasteiger partial charge >= 0.3 is 0 Å². The van der Waals surface area contributed by atoms with Crippen molar-refractivity contribution >= 4 is 0 Å². The summed E-state index contributed by atoms with van der Waals surface area (Å²) in [6.07, 6.45) is 4.11. The van der Waals surface area contributed by atoms with Crippen LogP contribution in [0.1, 0.15) is 30.4 Å². The molecule has 4 rings (SSSR count). The predicted octanol–water partition coefficient (Wildman–Crippen LogP) is 4.17. The summed E-state index contributed by atoms with van der Waals surface area (Å²) in [5.41, 5.74) is 5.46. The zero-order chi connectivity index (χ0) is 17.6. The summed E-state index contributed by atoms with van der Waals surface area (Å²) in [7, 11) is 0. The smallest absolute Gasteiger partial charge is 0.0594 e. The van der Waals surface area contributed by atoms with Crippen molar-refractivity contribution in [3.8, 4) is 11.1 Å². The Morgan fingerprint density at radius 1 is 0.654 bits per heavy atom. The van der Waals surface area contributed by atoms with Crippen LogP contribution in [0.15, 0.2) is 48.5 Å². The number of likely N-dealkylation sites (tertiary alicyclic amines) is 1. The van der Waals surface area contributed by atoms with Gasteiger partial charge in [-0.2, -0.15) is 0 Å². The third kappa shape index (κ3) is 4.73. The summed E-state index contributed by atoms with van der Waals surface area (Å²) in [4.78, 5) is 5.06. The average molecular weight is 351 g/mol. The summed E-state index contributed by atoms with van der Waals surface area (Å²) in [5, 5.41) is 0. The van der Waals surface area contributed by atoms with E-state index in [-0.39, 0.29) is 0 Å². The summed E-state index contributed by atoms with van der Waals surface area (Å²) in [5.74, 6) is 0. The molecule has 2 aliphatic rings. The topological polar surface area (TPSA) is 15.7 Å². The first kappa shape index (κ1) is 17.7. The molecule has 2 aromatic carbocycles. The van der Waals surface area contributed by atoms with Crippen LogP contribution in [-0.4, -0.2) is 49.2 Å². The number of hydrogen-bond donors (Lipinski definition) is 0. The number of rotatable bonds is 5. The molecular formula is C23H30N2O. The lowest BCUT2D eigenvalue weighted by molar-refractivity contribution is 0.0342. The first-order chi connectivity index (χ1) is 12.9. The highest BCUT2D eigenvalue weighted by Crippen LogP contribution is 2.23. The fourth-order valence-electron chi connectivity index (χ4n) is 4.05. The molecule has 0 spiro atoms. The van der Waals surface area contributed by atoms with Crippen molar-refractivity contribution in [1.82, 2.24) is 9.80 Å².